The Hall–Kier alpha value is -2.09. The van der Waals surface area contributed by atoms with Crippen molar-refractivity contribution in [3.05, 3.63) is 64.1 Å². The summed E-state index contributed by atoms with van der Waals surface area (Å²) in [6.07, 6.45) is -3.11. The van der Waals surface area contributed by atoms with Gasteiger partial charge < -0.3 is 25.4 Å². The fourth-order valence-corrected chi connectivity index (χ4v) is 2.40. The molecular formula is C17H18BrNO5. The van der Waals surface area contributed by atoms with E-state index in [1.807, 2.05) is 30.3 Å². The van der Waals surface area contributed by atoms with E-state index in [4.69, 9.17) is 4.74 Å². The van der Waals surface area contributed by atoms with Gasteiger partial charge in [-0.2, -0.15) is 0 Å². The zero-order valence-corrected chi connectivity index (χ0v) is 14.3. The molecule has 24 heavy (non-hydrogen) atoms. The van der Waals surface area contributed by atoms with Crippen LogP contribution in [-0.4, -0.2) is 34.1 Å². The third-order valence-electron chi connectivity index (χ3n) is 3.35. The predicted octanol–water partition coefficient (Wildman–Crippen LogP) is 2.48. The monoisotopic (exact) mass is 395 g/mol. The molecule has 0 saturated heterocycles. The summed E-state index contributed by atoms with van der Waals surface area (Å²) in [5.41, 5.74) is 1.26. The molecule has 0 heterocycles. The van der Waals surface area contributed by atoms with Crippen molar-refractivity contribution in [2.24, 2.45) is 0 Å². The molecule has 0 aliphatic rings. The van der Waals surface area contributed by atoms with E-state index in [2.05, 4.69) is 21.2 Å². The third-order valence-corrected chi connectivity index (χ3v) is 3.98. The van der Waals surface area contributed by atoms with Gasteiger partial charge in [0.05, 0.1) is 4.47 Å². The molecule has 2 aromatic rings. The van der Waals surface area contributed by atoms with Crippen LogP contribution in [0.4, 0.5) is 4.79 Å². The van der Waals surface area contributed by atoms with Crippen molar-refractivity contribution >= 4 is 22.0 Å². The summed E-state index contributed by atoms with van der Waals surface area (Å²) in [6, 6.07) is 13.6. The normalized spacial score (nSPS) is 13.1. The third kappa shape index (κ3) is 5.23. The summed E-state index contributed by atoms with van der Waals surface area (Å²) in [5.74, 6) is 0.0306. The number of phenols is 1. The first-order valence-corrected chi connectivity index (χ1v) is 8.05. The standard InChI is InChI=1S/C17H18BrNO5/c18-13-8-12(6-7-14(13)20)16(22)15(21)9-19-17(23)24-10-11-4-2-1-3-5-11/h1-8,15-16,20-22H,9-10H2,(H,19,23). The molecule has 2 unspecified atom stereocenters. The SMILES string of the molecule is O=C(NCC(O)C(O)c1ccc(O)c(Br)c1)OCc1ccccc1. The van der Waals surface area contributed by atoms with Crippen LogP contribution in [0.3, 0.4) is 0 Å². The van der Waals surface area contributed by atoms with E-state index in [-0.39, 0.29) is 18.9 Å². The van der Waals surface area contributed by atoms with Crippen molar-refractivity contribution in [2.75, 3.05) is 6.54 Å². The van der Waals surface area contributed by atoms with Gasteiger partial charge in [0.1, 0.15) is 24.6 Å². The smallest absolute Gasteiger partial charge is 0.407 e. The van der Waals surface area contributed by atoms with E-state index < -0.39 is 18.3 Å². The van der Waals surface area contributed by atoms with E-state index in [1.54, 1.807) is 0 Å². The number of aliphatic hydroxyl groups is 2. The Morgan fingerprint density at radius 3 is 2.54 bits per heavy atom. The van der Waals surface area contributed by atoms with Crippen molar-refractivity contribution in [3.63, 3.8) is 0 Å². The van der Waals surface area contributed by atoms with Crippen molar-refractivity contribution in [1.82, 2.24) is 5.32 Å². The van der Waals surface area contributed by atoms with Crippen molar-refractivity contribution < 1.29 is 24.9 Å². The summed E-state index contributed by atoms with van der Waals surface area (Å²) < 4.78 is 5.42. The number of benzene rings is 2. The Morgan fingerprint density at radius 1 is 1.17 bits per heavy atom. The summed E-state index contributed by atoms with van der Waals surface area (Å²) in [4.78, 5) is 11.6. The fourth-order valence-electron chi connectivity index (χ4n) is 2.00. The zero-order chi connectivity index (χ0) is 17.5. The lowest BCUT2D eigenvalue weighted by molar-refractivity contribution is 0.0183. The van der Waals surface area contributed by atoms with Crippen molar-refractivity contribution in [2.45, 2.75) is 18.8 Å². The van der Waals surface area contributed by atoms with Crippen LogP contribution in [0.5, 0.6) is 5.75 Å². The summed E-state index contributed by atoms with van der Waals surface area (Å²) >= 11 is 3.14. The highest BCUT2D eigenvalue weighted by Gasteiger charge is 2.20. The maximum atomic E-state index is 11.6. The van der Waals surface area contributed by atoms with Crippen LogP contribution in [0, 0.1) is 0 Å². The molecule has 0 fully saturated rings. The Bertz CT molecular complexity index is 680. The number of halogens is 1. The van der Waals surface area contributed by atoms with Crippen LogP contribution < -0.4 is 5.32 Å². The van der Waals surface area contributed by atoms with Gasteiger partial charge in [-0.1, -0.05) is 36.4 Å². The Balaban J connectivity index is 1.80. The topological polar surface area (TPSA) is 99.0 Å². The van der Waals surface area contributed by atoms with Crippen LogP contribution in [0.15, 0.2) is 53.0 Å². The number of hydrogen-bond acceptors (Lipinski definition) is 5. The van der Waals surface area contributed by atoms with E-state index in [0.717, 1.165) is 5.56 Å². The number of phenolic OH excluding ortho intramolecular Hbond substituents is 1. The maximum Gasteiger partial charge on any atom is 0.407 e. The number of carbonyl (C=O) groups is 1. The molecule has 2 atom stereocenters. The Kier molecular flexibility index (Phi) is 6.60. The summed E-state index contributed by atoms with van der Waals surface area (Å²) in [5, 5.41) is 31.9. The van der Waals surface area contributed by atoms with E-state index in [0.29, 0.717) is 10.0 Å². The number of amides is 1. The van der Waals surface area contributed by atoms with Gasteiger partial charge in [0.15, 0.2) is 0 Å². The van der Waals surface area contributed by atoms with Gasteiger partial charge in [0.25, 0.3) is 0 Å². The molecule has 0 spiro atoms. The molecule has 0 saturated carbocycles. The van der Waals surface area contributed by atoms with Crippen LogP contribution in [-0.2, 0) is 11.3 Å². The fraction of sp³-hybridized carbons (Fsp3) is 0.235. The molecule has 0 aliphatic carbocycles. The van der Waals surface area contributed by atoms with Gasteiger partial charge in [-0.05, 0) is 39.2 Å². The van der Waals surface area contributed by atoms with Gasteiger partial charge in [0, 0.05) is 6.54 Å². The molecule has 1 amide bonds. The lowest BCUT2D eigenvalue weighted by Crippen LogP contribution is -2.35. The number of alkyl carbamates (subject to hydrolysis) is 1. The Labute approximate surface area is 147 Å². The highest BCUT2D eigenvalue weighted by atomic mass is 79.9. The molecule has 0 bridgehead atoms. The van der Waals surface area contributed by atoms with Gasteiger partial charge in [-0.15, -0.1) is 0 Å². The Morgan fingerprint density at radius 2 is 1.88 bits per heavy atom. The number of nitrogens with one attached hydrogen (secondary N) is 1. The predicted molar refractivity (Wildman–Crippen MR) is 91.4 cm³/mol. The number of hydrogen-bond donors (Lipinski definition) is 4. The molecule has 128 valence electrons. The molecule has 4 N–H and O–H groups in total. The van der Waals surface area contributed by atoms with Crippen LogP contribution >= 0.6 is 15.9 Å². The first-order chi connectivity index (χ1) is 11.5. The second kappa shape index (κ2) is 8.68. The number of carbonyl (C=O) groups excluding carboxylic acids is 1. The zero-order valence-electron chi connectivity index (χ0n) is 12.7. The van der Waals surface area contributed by atoms with Gasteiger partial charge in [-0.25, -0.2) is 4.79 Å². The largest absolute Gasteiger partial charge is 0.507 e. The molecule has 6 nitrogen and oxygen atoms in total. The molecule has 0 radical (unpaired) electrons. The average molecular weight is 396 g/mol. The molecule has 0 aliphatic heterocycles. The number of rotatable bonds is 6. The summed E-state index contributed by atoms with van der Waals surface area (Å²) in [6.45, 7) is -0.0521. The number of ether oxygens (including phenoxy) is 1. The minimum atomic E-state index is -1.22. The molecule has 7 heteroatoms. The highest BCUT2D eigenvalue weighted by Crippen LogP contribution is 2.28. The average Bonchev–Trinajstić information content (AvgIpc) is 2.60. The van der Waals surface area contributed by atoms with E-state index in [9.17, 15) is 20.1 Å². The van der Waals surface area contributed by atoms with Crippen LogP contribution in [0.2, 0.25) is 0 Å². The summed E-state index contributed by atoms with van der Waals surface area (Å²) in [7, 11) is 0. The van der Waals surface area contributed by atoms with Crippen molar-refractivity contribution in [1.29, 1.82) is 0 Å². The van der Waals surface area contributed by atoms with Gasteiger partial charge >= 0.3 is 6.09 Å². The second-order valence-corrected chi connectivity index (χ2v) is 6.02. The van der Waals surface area contributed by atoms with Gasteiger partial charge in [-0.3, -0.25) is 0 Å². The molecule has 2 rings (SSSR count). The minimum Gasteiger partial charge on any atom is -0.507 e. The number of aliphatic hydroxyl groups excluding tert-OH is 2. The molecule has 0 aromatic heterocycles. The van der Waals surface area contributed by atoms with Crippen molar-refractivity contribution in [3.8, 4) is 5.75 Å². The van der Waals surface area contributed by atoms with Crippen LogP contribution in [0.1, 0.15) is 17.2 Å². The first-order valence-electron chi connectivity index (χ1n) is 7.26. The minimum absolute atomic E-state index is 0.0306. The first kappa shape index (κ1) is 18.3. The molecule has 2 aromatic carbocycles. The second-order valence-electron chi connectivity index (χ2n) is 5.17. The highest BCUT2D eigenvalue weighted by molar-refractivity contribution is 9.10. The lowest BCUT2D eigenvalue weighted by atomic mass is 10.0. The number of aromatic hydroxyl groups is 1. The molecular weight excluding hydrogens is 378 g/mol. The quantitative estimate of drug-likeness (QED) is 0.602. The van der Waals surface area contributed by atoms with E-state index in [1.165, 1.54) is 18.2 Å². The van der Waals surface area contributed by atoms with Crippen LogP contribution in [0.25, 0.3) is 0 Å². The maximum absolute atomic E-state index is 11.6. The van der Waals surface area contributed by atoms with E-state index >= 15 is 0 Å². The van der Waals surface area contributed by atoms with Gasteiger partial charge in [0.2, 0.25) is 0 Å². The lowest BCUT2D eigenvalue weighted by Gasteiger charge is -2.19.